The van der Waals surface area contributed by atoms with E-state index in [9.17, 15) is 4.79 Å². The predicted octanol–water partition coefficient (Wildman–Crippen LogP) is 4.42. The lowest BCUT2D eigenvalue weighted by atomic mass is 10.1. The quantitative estimate of drug-likeness (QED) is 0.584. The summed E-state index contributed by atoms with van der Waals surface area (Å²) in [6.07, 6.45) is 3.58. The van der Waals surface area contributed by atoms with E-state index >= 15 is 0 Å². The lowest BCUT2D eigenvalue weighted by Crippen LogP contribution is -2.07. The Hall–Kier alpha value is -2.68. The van der Waals surface area contributed by atoms with Crippen LogP contribution < -0.4 is 0 Å². The monoisotopic (exact) mass is 293 g/mol. The average Bonchev–Trinajstić information content (AvgIpc) is 2.56. The van der Waals surface area contributed by atoms with Gasteiger partial charge in [-0.05, 0) is 24.1 Å². The molecule has 0 saturated heterocycles. The van der Waals surface area contributed by atoms with Gasteiger partial charge in [-0.3, -0.25) is 4.79 Å². The maximum atomic E-state index is 11.2. The van der Waals surface area contributed by atoms with Crippen LogP contribution in [-0.4, -0.2) is 11.5 Å². The molecule has 2 aromatic rings. The van der Waals surface area contributed by atoms with Gasteiger partial charge < -0.3 is 4.84 Å². The van der Waals surface area contributed by atoms with Crippen molar-refractivity contribution in [2.24, 2.45) is 5.16 Å². The van der Waals surface area contributed by atoms with Gasteiger partial charge in [0.05, 0.1) is 0 Å². The second-order valence-electron chi connectivity index (χ2n) is 4.94. The highest BCUT2D eigenvalue weighted by molar-refractivity contribution is 6.37. The number of oxime groups is 1. The molecule has 0 N–H and O–H groups in total. The van der Waals surface area contributed by atoms with Gasteiger partial charge in [0.2, 0.25) is 0 Å². The molecule has 112 valence electrons. The molecule has 22 heavy (non-hydrogen) atoms. The molecule has 2 aromatic carbocycles. The van der Waals surface area contributed by atoms with Gasteiger partial charge in [0.25, 0.3) is 0 Å². The van der Waals surface area contributed by atoms with Gasteiger partial charge in [0, 0.05) is 6.92 Å². The van der Waals surface area contributed by atoms with E-state index in [2.05, 4.69) is 5.16 Å². The van der Waals surface area contributed by atoms with E-state index in [4.69, 9.17) is 4.84 Å². The number of carbonyl (C=O) groups excluding carboxylic acids is 1. The largest absolute Gasteiger partial charge is 0.383 e. The Labute approximate surface area is 130 Å². The van der Waals surface area contributed by atoms with Gasteiger partial charge in [-0.15, -0.1) is 0 Å². The van der Waals surface area contributed by atoms with Gasteiger partial charge in [0.1, 0.15) is 5.71 Å². The minimum Gasteiger partial charge on any atom is -0.383 e. The molecule has 0 radical (unpaired) electrons. The number of hydrogen-bond donors (Lipinski definition) is 0. The van der Waals surface area contributed by atoms with Crippen molar-refractivity contribution in [3.05, 3.63) is 77.9 Å². The Morgan fingerprint density at radius 2 is 1.59 bits per heavy atom. The molecule has 1 atom stereocenters. The first-order chi connectivity index (χ1) is 10.7. The average molecular weight is 293 g/mol. The Kier molecular flexibility index (Phi) is 5.66. The second-order valence-corrected chi connectivity index (χ2v) is 4.94. The third-order valence-electron chi connectivity index (χ3n) is 3.20. The lowest BCUT2D eigenvalue weighted by molar-refractivity contribution is -0.111. The van der Waals surface area contributed by atoms with E-state index in [1.807, 2.05) is 72.8 Å². The Morgan fingerprint density at radius 1 is 1.00 bits per heavy atom. The van der Waals surface area contributed by atoms with Gasteiger partial charge >= 0.3 is 0 Å². The van der Waals surface area contributed by atoms with E-state index in [1.165, 1.54) is 6.92 Å². The fourth-order valence-electron chi connectivity index (χ4n) is 1.81. The Balaban J connectivity index is 2.21. The molecule has 0 aliphatic carbocycles. The molecular weight excluding hydrogens is 274 g/mol. The predicted molar refractivity (Wildman–Crippen MR) is 89.5 cm³/mol. The normalized spacial score (nSPS) is 13.1. The minimum atomic E-state index is -0.337. The summed E-state index contributed by atoms with van der Waals surface area (Å²) in [6.45, 7) is 3.12. The summed E-state index contributed by atoms with van der Waals surface area (Å²) in [4.78, 5) is 16.8. The SMILES string of the molecule is CC(=O)/C(C)=N/O[C@@H](/C=C/c1ccccc1)c1ccccc1. The van der Waals surface area contributed by atoms with Crippen molar-refractivity contribution in [2.45, 2.75) is 20.0 Å². The van der Waals surface area contributed by atoms with Crippen LogP contribution in [-0.2, 0) is 9.63 Å². The number of Topliss-reactive ketones (excluding diaryl/α,β-unsaturated/α-hetero) is 1. The van der Waals surface area contributed by atoms with Crippen molar-refractivity contribution < 1.29 is 9.63 Å². The van der Waals surface area contributed by atoms with E-state index in [-0.39, 0.29) is 11.9 Å². The highest BCUT2D eigenvalue weighted by atomic mass is 16.6. The van der Waals surface area contributed by atoms with Gasteiger partial charge in [0.15, 0.2) is 11.9 Å². The number of ketones is 1. The van der Waals surface area contributed by atoms with Crippen LogP contribution >= 0.6 is 0 Å². The first-order valence-corrected chi connectivity index (χ1v) is 7.16. The van der Waals surface area contributed by atoms with Crippen molar-refractivity contribution in [2.75, 3.05) is 0 Å². The van der Waals surface area contributed by atoms with Crippen LogP contribution in [0.15, 0.2) is 71.9 Å². The Morgan fingerprint density at radius 3 is 2.18 bits per heavy atom. The maximum absolute atomic E-state index is 11.2. The summed E-state index contributed by atoms with van der Waals surface area (Å²) in [5.74, 6) is -0.0983. The zero-order valence-corrected chi connectivity index (χ0v) is 12.8. The van der Waals surface area contributed by atoms with Crippen molar-refractivity contribution in [3.63, 3.8) is 0 Å². The Bertz CT molecular complexity index is 660. The smallest absolute Gasteiger partial charge is 0.177 e. The topological polar surface area (TPSA) is 38.7 Å². The third-order valence-corrected chi connectivity index (χ3v) is 3.20. The molecule has 0 unspecified atom stereocenters. The van der Waals surface area contributed by atoms with Crippen LogP contribution in [0.2, 0.25) is 0 Å². The van der Waals surface area contributed by atoms with Crippen LogP contribution in [0.1, 0.15) is 31.1 Å². The summed E-state index contributed by atoms with van der Waals surface area (Å²) in [6, 6.07) is 19.8. The molecule has 0 aliphatic heterocycles. The van der Waals surface area contributed by atoms with E-state index in [0.717, 1.165) is 11.1 Å². The third kappa shape index (κ3) is 4.70. The molecular formula is C19H19NO2. The summed E-state index contributed by atoms with van der Waals surface area (Å²) < 4.78 is 0. The van der Waals surface area contributed by atoms with Crippen LogP contribution in [0.25, 0.3) is 6.08 Å². The number of benzene rings is 2. The van der Waals surface area contributed by atoms with Gasteiger partial charge in [-0.1, -0.05) is 71.9 Å². The molecule has 0 aromatic heterocycles. The van der Waals surface area contributed by atoms with Crippen LogP contribution in [0.5, 0.6) is 0 Å². The summed E-state index contributed by atoms with van der Waals surface area (Å²) >= 11 is 0. The maximum Gasteiger partial charge on any atom is 0.177 e. The van der Waals surface area contributed by atoms with Crippen molar-refractivity contribution in [1.82, 2.24) is 0 Å². The zero-order chi connectivity index (χ0) is 15.8. The summed E-state index contributed by atoms with van der Waals surface area (Å²) in [5.41, 5.74) is 2.42. The fraction of sp³-hybridized carbons (Fsp3) is 0.158. The highest BCUT2D eigenvalue weighted by Crippen LogP contribution is 2.20. The molecule has 3 heteroatoms. The fourth-order valence-corrected chi connectivity index (χ4v) is 1.81. The molecule has 0 aliphatic rings. The molecule has 0 heterocycles. The summed E-state index contributed by atoms with van der Waals surface area (Å²) in [7, 11) is 0. The van der Waals surface area contributed by atoms with Crippen LogP contribution in [0, 0.1) is 0 Å². The molecule has 0 fully saturated rings. The van der Waals surface area contributed by atoms with Crippen LogP contribution in [0.4, 0.5) is 0 Å². The number of nitrogens with zero attached hydrogens (tertiary/aromatic N) is 1. The lowest BCUT2D eigenvalue weighted by Gasteiger charge is -2.12. The van der Waals surface area contributed by atoms with Gasteiger partial charge in [-0.2, -0.15) is 0 Å². The first kappa shape index (κ1) is 15.7. The number of rotatable bonds is 6. The second kappa shape index (κ2) is 7.93. The standard InChI is InChI=1S/C19H19NO2/c1-15(16(2)21)20-22-19(18-11-7-4-8-12-18)14-13-17-9-5-3-6-10-17/h3-14,19H,1-2H3/b14-13+,20-15+/t19-/m0/s1. The summed E-state index contributed by atoms with van der Waals surface area (Å²) in [5, 5.41) is 3.93. The zero-order valence-electron chi connectivity index (χ0n) is 12.8. The molecule has 0 spiro atoms. The van der Waals surface area contributed by atoms with Crippen LogP contribution in [0.3, 0.4) is 0 Å². The molecule has 0 amide bonds. The number of hydrogen-bond acceptors (Lipinski definition) is 3. The molecule has 0 bridgehead atoms. The van der Waals surface area contributed by atoms with E-state index in [1.54, 1.807) is 6.92 Å². The van der Waals surface area contributed by atoms with Crippen molar-refractivity contribution >= 4 is 17.6 Å². The van der Waals surface area contributed by atoms with E-state index in [0.29, 0.717) is 5.71 Å². The molecule has 0 saturated carbocycles. The van der Waals surface area contributed by atoms with Crippen molar-refractivity contribution in [3.8, 4) is 0 Å². The number of carbonyl (C=O) groups is 1. The molecule has 2 rings (SSSR count). The highest BCUT2D eigenvalue weighted by Gasteiger charge is 2.09. The minimum absolute atomic E-state index is 0.0983. The first-order valence-electron chi connectivity index (χ1n) is 7.16. The molecule has 3 nitrogen and oxygen atoms in total. The van der Waals surface area contributed by atoms with Crippen molar-refractivity contribution in [1.29, 1.82) is 0 Å². The van der Waals surface area contributed by atoms with Gasteiger partial charge in [-0.25, -0.2) is 0 Å². The van der Waals surface area contributed by atoms with E-state index < -0.39 is 0 Å².